The Morgan fingerprint density at radius 2 is 1.67 bits per heavy atom. The van der Waals surface area contributed by atoms with Gasteiger partial charge in [-0.15, -0.1) is 5.92 Å². The van der Waals surface area contributed by atoms with Gasteiger partial charge in [-0.2, -0.15) is 0 Å². The van der Waals surface area contributed by atoms with Crippen LogP contribution < -0.4 is 0 Å². The first-order valence-electron chi connectivity index (χ1n) is 8.49. The van der Waals surface area contributed by atoms with Gasteiger partial charge in [-0.3, -0.25) is 14.5 Å². The summed E-state index contributed by atoms with van der Waals surface area (Å²) in [6.07, 6.45) is 0.242. The van der Waals surface area contributed by atoms with Crippen molar-refractivity contribution >= 4 is 11.6 Å². The smallest absolute Gasteiger partial charge is 0.175 e. The number of hydrogen-bond acceptors (Lipinski definition) is 5. The molecule has 0 spiro atoms. The van der Waals surface area contributed by atoms with E-state index in [2.05, 4.69) is 16.7 Å². The lowest BCUT2D eigenvalue weighted by Gasteiger charge is -2.29. The summed E-state index contributed by atoms with van der Waals surface area (Å²) in [5.41, 5.74) is -1.58. The molecular weight excluding hydrogens is 306 g/mol. The maximum Gasteiger partial charge on any atom is 0.175 e. The summed E-state index contributed by atoms with van der Waals surface area (Å²) in [4.78, 5) is 27.6. The summed E-state index contributed by atoms with van der Waals surface area (Å²) >= 11 is 0. The molecule has 0 saturated carbocycles. The van der Waals surface area contributed by atoms with Gasteiger partial charge in [0.1, 0.15) is 11.4 Å². The lowest BCUT2D eigenvalue weighted by molar-refractivity contribution is -0.148. The normalized spacial score (nSPS) is 17.8. The van der Waals surface area contributed by atoms with Crippen LogP contribution in [0.5, 0.6) is 0 Å². The lowest BCUT2D eigenvalue weighted by atomic mass is 9.76. The molecular formula is C19H31NO4. The van der Waals surface area contributed by atoms with Crippen molar-refractivity contribution in [3.8, 4) is 11.8 Å². The van der Waals surface area contributed by atoms with E-state index in [0.717, 1.165) is 26.3 Å². The van der Waals surface area contributed by atoms with Crippen molar-refractivity contribution < 1.29 is 19.1 Å². The summed E-state index contributed by atoms with van der Waals surface area (Å²) in [6, 6.07) is 0. The molecule has 0 aromatic heterocycles. The highest BCUT2D eigenvalue weighted by molar-refractivity contribution is 6.07. The monoisotopic (exact) mass is 337 g/mol. The Balaban J connectivity index is 2.79. The molecule has 0 bridgehead atoms. The predicted octanol–water partition coefficient (Wildman–Crippen LogP) is 1.94. The van der Waals surface area contributed by atoms with Gasteiger partial charge in [0.05, 0.1) is 25.7 Å². The molecule has 1 aliphatic heterocycles. The van der Waals surface area contributed by atoms with E-state index in [0.29, 0.717) is 6.54 Å². The summed E-state index contributed by atoms with van der Waals surface area (Å²) in [6.45, 7) is 12.7. The average molecular weight is 337 g/mol. The third kappa shape index (κ3) is 6.01. The van der Waals surface area contributed by atoms with Crippen molar-refractivity contribution in [3.63, 3.8) is 0 Å². The number of ether oxygens (including phenoxy) is 2. The molecule has 0 radical (unpaired) electrons. The summed E-state index contributed by atoms with van der Waals surface area (Å²) in [7, 11) is 1.49. The lowest BCUT2D eigenvalue weighted by Crippen LogP contribution is -2.44. The Labute approximate surface area is 146 Å². The standard InChI is InChI=1S/C19H31NO4/c1-18(2,3)16(21)15(17(22)19(4,5)23-6)9-7-8-10-20-11-13-24-14-12-20/h15H,9-14H2,1-6H3. The number of morpholine rings is 1. The molecule has 0 aromatic carbocycles. The fraction of sp³-hybridized carbons (Fsp3) is 0.789. The van der Waals surface area contributed by atoms with Crippen LogP contribution in [0.1, 0.15) is 41.0 Å². The summed E-state index contributed by atoms with van der Waals surface area (Å²) < 4.78 is 10.6. The molecule has 136 valence electrons. The molecule has 1 saturated heterocycles. The highest BCUT2D eigenvalue weighted by Crippen LogP contribution is 2.27. The molecule has 0 aliphatic carbocycles. The second-order valence-electron chi connectivity index (χ2n) is 7.69. The second kappa shape index (κ2) is 8.75. The number of methoxy groups -OCH3 is 1. The fourth-order valence-electron chi connectivity index (χ4n) is 2.45. The molecule has 5 heteroatoms. The SMILES string of the molecule is COC(C)(C)C(=O)C(CC#CCN1CCOCC1)C(=O)C(C)(C)C. The summed E-state index contributed by atoms with van der Waals surface area (Å²) in [5.74, 6) is 5.08. The minimum atomic E-state index is -0.989. The van der Waals surface area contributed by atoms with Crippen LogP contribution in [0.25, 0.3) is 0 Å². The molecule has 1 heterocycles. The van der Waals surface area contributed by atoms with E-state index in [1.807, 2.05) is 20.8 Å². The van der Waals surface area contributed by atoms with Gasteiger partial charge in [0.15, 0.2) is 5.78 Å². The van der Waals surface area contributed by atoms with Gasteiger partial charge in [-0.1, -0.05) is 26.7 Å². The van der Waals surface area contributed by atoms with E-state index in [9.17, 15) is 9.59 Å². The van der Waals surface area contributed by atoms with E-state index in [1.54, 1.807) is 13.8 Å². The van der Waals surface area contributed by atoms with Crippen LogP contribution in [0.3, 0.4) is 0 Å². The molecule has 1 fully saturated rings. The first-order chi connectivity index (χ1) is 11.1. The summed E-state index contributed by atoms with van der Waals surface area (Å²) in [5, 5.41) is 0. The maximum atomic E-state index is 12.7. The predicted molar refractivity (Wildman–Crippen MR) is 93.7 cm³/mol. The van der Waals surface area contributed by atoms with Gasteiger partial charge in [-0.25, -0.2) is 0 Å². The third-order valence-electron chi connectivity index (χ3n) is 4.31. The fourth-order valence-corrected chi connectivity index (χ4v) is 2.45. The van der Waals surface area contributed by atoms with Crippen molar-refractivity contribution in [3.05, 3.63) is 0 Å². The Hall–Kier alpha value is -1.22. The number of Topliss-reactive ketones (excluding diaryl/α,β-unsaturated/α-hetero) is 2. The van der Waals surface area contributed by atoms with Crippen molar-refractivity contribution in [2.24, 2.45) is 11.3 Å². The van der Waals surface area contributed by atoms with Crippen LogP contribution in [0.2, 0.25) is 0 Å². The van der Waals surface area contributed by atoms with Crippen LogP contribution >= 0.6 is 0 Å². The topological polar surface area (TPSA) is 55.8 Å². The zero-order chi connectivity index (χ0) is 18.4. The molecule has 1 atom stereocenters. The van der Waals surface area contributed by atoms with Crippen LogP contribution in [0.4, 0.5) is 0 Å². The molecule has 1 rings (SSSR count). The first kappa shape index (κ1) is 20.8. The molecule has 1 unspecified atom stereocenters. The quantitative estimate of drug-likeness (QED) is 0.548. The maximum absolute atomic E-state index is 12.7. The van der Waals surface area contributed by atoms with Gasteiger partial charge in [0.25, 0.3) is 0 Å². The second-order valence-corrected chi connectivity index (χ2v) is 7.69. The molecule has 0 N–H and O–H groups in total. The van der Waals surface area contributed by atoms with E-state index >= 15 is 0 Å². The zero-order valence-electron chi connectivity index (χ0n) is 15.9. The number of carbonyl (C=O) groups excluding carboxylic acids is 2. The minimum Gasteiger partial charge on any atom is -0.379 e. The van der Waals surface area contributed by atoms with Crippen LogP contribution in [-0.2, 0) is 19.1 Å². The Bertz CT molecular complexity index is 502. The number of hydrogen-bond donors (Lipinski definition) is 0. The van der Waals surface area contributed by atoms with Crippen molar-refractivity contribution in [1.82, 2.24) is 4.90 Å². The van der Waals surface area contributed by atoms with Gasteiger partial charge in [0.2, 0.25) is 0 Å². The Kier molecular flexibility index (Phi) is 7.59. The Morgan fingerprint density at radius 3 is 2.17 bits per heavy atom. The number of ketones is 2. The van der Waals surface area contributed by atoms with Crippen LogP contribution in [-0.4, -0.2) is 62.0 Å². The number of nitrogens with zero attached hydrogens (tertiary/aromatic N) is 1. The highest BCUT2D eigenvalue weighted by atomic mass is 16.5. The van der Waals surface area contributed by atoms with Crippen molar-refractivity contribution in [2.75, 3.05) is 40.0 Å². The van der Waals surface area contributed by atoms with Gasteiger partial charge >= 0.3 is 0 Å². The average Bonchev–Trinajstić information content (AvgIpc) is 2.54. The number of rotatable bonds is 6. The molecule has 0 aromatic rings. The van der Waals surface area contributed by atoms with Crippen LogP contribution in [0.15, 0.2) is 0 Å². The van der Waals surface area contributed by atoms with Gasteiger partial charge < -0.3 is 9.47 Å². The highest BCUT2D eigenvalue weighted by Gasteiger charge is 2.40. The first-order valence-corrected chi connectivity index (χ1v) is 8.49. The molecule has 0 amide bonds. The van der Waals surface area contributed by atoms with E-state index in [1.165, 1.54) is 7.11 Å². The molecule has 1 aliphatic rings. The Morgan fingerprint density at radius 1 is 1.08 bits per heavy atom. The van der Waals surface area contributed by atoms with E-state index < -0.39 is 16.9 Å². The number of carbonyl (C=O) groups is 2. The zero-order valence-corrected chi connectivity index (χ0v) is 15.9. The van der Waals surface area contributed by atoms with Gasteiger partial charge in [-0.05, 0) is 13.8 Å². The van der Waals surface area contributed by atoms with E-state index in [4.69, 9.17) is 9.47 Å². The van der Waals surface area contributed by atoms with Crippen LogP contribution in [0, 0.1) is 23.2 Å². The minimum absolute atomic E-state index is 0.0849. The largest absolute Gasteiger partial charge is 0.379 e. The molecule has 5 nitrogen and oxygen atoms in total. The van der Waals surface area contributed by atoms with E-state index in [-0.39, 0.29) is 18.0 Å². The van der Waals surface area contributed by atoms with Crippen molar-refractivity contribution in [2.45, 2.75) is 46.6 Å². The third-order valence-corrected chi connectivity index (χ3v) is 4.31. The molecule has 24 heavy (non-hydrogen) atoms. The van der Waals surface area contributed by atoms with Crippen molar-refractivity contribution in [1.29, 1.82) is 0 Å². The van der Waals surface area contributed by atoms with Gasteiger partial charge in [0, 0.05) is 32.0 Å².